The number of amides is 1. The molecule has 0 aliphatic heterocycles. The van der Waals surface area contributed by atoms with Gasteiger partial charge in [-0.2, -0.15) is 0 Å². The molecule has 0 aliphatic rings. The van der Waals surface area contributed by atoms with Crippen LogP contribution in [-0.4, -0.2) is 51.6 Å². The van der Waals surface area contributed by atoms with Gasteiger partial charge in [-0.15, -0.1) is 0 Å². The predicted octanol–water partition coefficient (Wildman–Crippen LogP) is 5.12. The molecule has 0 saturated carbocycles. The van der Waals surface area contributed by atoms with Crippen LogP contribution in [-0.2, 0) is 19.0 Å². The molecule has 0 spiro atoms. The van der Waals surface area contributed by atoms with Crippen molar-refractivity contribution in [3.8, 4) is 0 Å². The number of unbranched alkanes of at least 4 members (excludes halogenated alkanes) is 8. The molecule has 0 aromatic rings. The number of carbonyl (C=O) groups is 1. The molecule has 0 atom stereocenters. The Morgan fingerprint density at radius 3 is 2.07 bits per heavy atom. The van der Waals surface area contributed by atoms with Crippen LogP contribution in [0.5, 0.6) is 0 Å². The Labute approximate surface area is 169 Å². The summed E-state index contributed by atoms with van der Waals surface area (Å²) in [4.78, 5) is 11.7. The summed E-state index contributed by atoms with van der Waals surface area (Å²) >= 11 is 0. The third-order valence-electron chi connectivity index (χ3n) is 4.33. The summed E-state index contributed by atoms with van der Waals surface area (Å²) in [6.45, 7) is 10.4. The number of carbonyl (C=O) groups excluding carboxylic acids is 1. The van der Waals surface area contributed by atoms with Crippen molar-refractivity contribution in [2.45, 2.75) is 97.5 Å². The monoisotopic (exact) mass is 389 g/mol. The molecule has 0 saturated heterocycles. The van der Waals surface area contributed by atoms with E-state index in [-0.39, 0.29) is 7.33 Å². The molecule has 0 radical (unpaired) electrons. The molecule has 0 aromatic carbocycles. The molecular weight excluding hydrogens is 342 g/mol. The lowest BCUT2D eigenvalue weighted by Crippen LogP contribution is -2.27. The Morgan fingerprint density at radius 1 is 0.778 bits per heavy atom. The summed E-state index contributed by atoms with van der Waals surface area (Å²) in [5, 5.41) is 2.92. The molecule has 0 rings (SSSR count). The Hall–Kier alpha value is -0.650. The molecule has 0 unspecified atom stereocenters. The minimum Gasteiger partial charge on any atom is -0.379 e. The Bertz CT molecular complexity index is 317. The summed E-state index contributed by atoms with van der Waals surface area (Å²) in [5.74, 6) is 0.135. The van der Waals surface area contributed by atoms with Crippen molar-refractivity contribution < 1.29 is 20.4 Å². The molecule has 0 heterocycles. The van der Waals surface area contributed by atoms with Gasteiger partial charge in [0.2, 0.25) is 5.91 Å². The summed E-state index contributed by atoms with van der Waals surface area (Å²) in [5.41, 5.74) is 0. The molecular formula is C22H47NO4. The van der Waals surface area contributed by atoms with Crippen LogP contribution in [0.2, 0.25) is 0 Å². The van der Waals surface area contributed by atoms with E-state index in [1.54, 1.807) is 0 Å². The van der Waals surface area contributed by atoms with Gasteiger partial charge in [0.1, 0.15) is 0 Å². The fourth-order valence-corrected chi connectivity index (χ4v) is 2.72. The van der Waals surface area contributed by atoms with E-state index in [1.807, 2.05) is 0 Å². The van der Waals surface area contributed by atoms with Gasteiger partial charge in [0.25, 0.3) is 0 Å². The van der Waals surface area contributed by atoms with Gasteiger partial charge >= 0.3 is 0 Å². The normalized spacial score (nSPS) is 11.3. The maximum absolute atomic E-state index is 11.7. The lowest BCUT2D eigenvalue weighted by Gasteiger charge is -2.08. The average Bonchev–Trinajstić information content (AvgIpc) is 2.64. The Kier molecular flexibility index (Phi) is 21.1. The lowest BCUT2D eigenvalue weighted by molar-refractivity contribution is -0.121. The SMILES string of the molecule is CCCCCCOCCOCCNC(=O)CCCCCCCCOC(C)C.[HH]. The van der Waals surface area contributed by atoms with Gasteiger partial charge < -0.3 is 19.5 Å². The first-order chi connectivity index (χ1) is 13.2. The van der Waals surface area contributed by atoms with E-state index in [9.17, 15) is 4.79 Å². The number of nitrogens with one attached hydrogen (secondary N) is 1. The van der Waals surface area contributed by atoms with E-state index < -0.39 is 0 Å². The van der Waals surface area contributed by atoms with Crippen LogP contribution in [0.25, 0.3) is 0 Å². The highest BCUT2D eigenvalue weighted by Crippen LogP contribution is 2.07. The average molecular weight is 390 g/mol. The fraction of sp³-hybridized carbons (Fsp3) is 0.955. The van der Waals surface area contributed by atoms with E-state index in [0.29, 0.717) is 38.9 Å². The first-order valence-corrected chi connectivity index (χ1v) is 11.2. The summed E-state index contributed by atoms with van der Waals surface area (Å²) in [6, 6.07) is 0. The third kappa shape index (κ3) is 23.3. The molecule has 1 N–H and O–H groups in total. The first-order valence-electron chi connectivity index (χ1n) is 11.2. The topological polar surface area (TPSA) is 56.8 Å². The highest BCUT2D eigenvalue weighted by Gasteiger charge is 2.01. The lowest BCUT2D eigenvalue weighted by atomic mass is 10.1. The Morgan fingerprint density at radius 2 is 1.37 bits per heavy atom. The van der Waals surface area contributed by atoms with Crippen LogP contribution >= 0.6 is 0 Å². The van der Waals surface area contributed by atoms with Crippen molar-refractivity contribution in [2.24, 2.45) is 0 Å². The molecule has 0 fully saturated rings. The van der Waals surface area contributed by atoms with Crippen molar-refractivity contribution in [2.75, 3.05) is 39.6 Å². The number of hydrogen-bond donors (Lipinski definition) is 1. The number of ether oxygens (including phenoxy) is 3. The van der Waals surface area contributed by atoms with Gasteiger partial charge in [-0.1, -0.05) is 51.9 Å². The van der Waals surface area contributed by atoms with E-state index in [4.69, 9.17) is 14.2 Å². The van der Waals surface area contributed by atoms with Crippen LogP contribution < -0.4 is 5.32 Å². The second-order valence-corrected chi connectivity index (χ2v) is 7.43. The molecule has 0 bridgehead atoms. The molecule has 5 nitrogen and oxygen atoms in total. The van der Waals surface area contributed by atoms with Crippen LogP contribution in [0.15, 0.2) is 0 Å². The van der Waals surface area contributed by atoms with Crippen molar-refractivity contribution in [1.29, 1.82) is 0 Å². The zero-order chi connectivity index (χ0) is 20.0. The van der Waals surface area contributed by atoms with E-state index in [1.165, 1.54) is 38.5 Å². The maximum Gasteiger partial charge on any atom is 0.220 e. The van der Waals surface area contributed by atoms with E-state index in [2.05, 4.69) is 26.1 Å². The zero-order valence-corrected chi connectivity index (χ0v) is 18.2. The zero-order valence-electron chi connectivity index (χ0n) is 18.2. The summed E-state index contributed by atoms with van der Waals surface area (Å²) in [6.07, 6.45) is 12.8. The molecule has 0 aromatic heterocycles. The maximum atomic E-state index is 11.7. The fourth-order valence-electron chi connectivity index (χ4n) is 2.72. The van der Waals surface area contributed by atoms with Crippen LogP contribution in [0.4, 0.5) is 0 Å². The smallest absolute Gasteiger partial charge is 0.220 e. The Balaban J connectivity index is 0. The van der Waals surface area contributed by atoms with Gasteiger partial charge in [-0.3, -0.25) is 4.79 Å². The summed E-state index contributed by atoms with van der Waals surface area (Å²) in [7, 11) is 0. The van der Waals surface area contributed by atoms with E-state index >= 15 is 0 Å². The third-order valence-corrected chi connectivity index (χ3v) is 4.33. The quantitative estimate of drug-likeness (QED) is 0.277. The van der Waals surface area contributed by atoms with Crippen molar-refractivity contribution in [1.82, 2.24) is 5.32 Å². The molecule has 1 amide bonds. The van der Waals surface area contributed by atoms with Gasteiger partial charge in [0, 0.05) is 27.6 Å². The van der Waals surface area contributed by atoms with Crippen LogP contribution in [0.1, 0.15) is 92.8 Å². The second-order valence-electron chi connectivity index (χ2n) is 7.43. The molecule has 164 valence electrons. The van der Waals surface area contributed by atoms with Crippen molar-refractivity contribution in [3.63, 3.8) is 0 Å². The van der Waals surface area contributed by atoms with Crippen LogP contribution in [0.3, 0.4) is 0 Å². The van der Waals surface area contributed by atoms with Gasteiger partial charge in [0.05, 0.1) is 25.9 Å². The largest absolute Gasteiger partial charge is 0.379 e. The minimum absolute atomic E-state index is 0. The van der Waals surface area contributed by atoms with Gasteiger partial charge in [0.15, 0.2) is 0 Å². The number of hydrogen-bond acceptors (Lipinski definition) is 4. The second kappa shape index (κ2) is 21.6. The first kappa shape index (κ1) is 26.4. The number of rotatable bonds is 21. The predicted molar refractivity (Wildman–Crippen MR) is 114 cm³/mol. The van der Waals surface area contributed by atoms with Crippen molar-refractivity contribution >= 4 is 5.91 Å². The van der Waals surface area contributed by atoms with Crippen LogP contribution in [0, 0.1) is 0 Å². The molecule has 0 aliphatic carbocycles. The highest BCUT2D eigenvalue weighted by molar-refractivity contribution is 5.75. The summed E-state index contributed by atoms with van der Waals surface area (Å²) < 4.78 is 16.5. The molecule has 27 heavy (non-hydrogen) atoms. The van der Waals surface area contributed by atoms with E-state index in [0.717, 1.165) is 38.9 Å². The van der Waals surface area contributed by atoms with Gasteiger partial charge in [-0.25, -0.2) is 0 Å². The standard InChI is InChI=1S/C22H45NO4.H2/c1-4-5-6-12-16-25-19-20-26-18-15-23-22(24)14-11-9-7-8-10-13-17-27-21(2)3;/h21H,4-20H2,1-3H3,(H,23,24);1H. The van der Waals surface area contributed by atoms with Gasteiger partial charge in [-0.05, 0) is 33.1 Å². The van der Waals surface area contributed by atoms with Crippen molar-refractivity contribution in [3.05, 3.63) is 0 Å². The highest BCUT2D eigenvalue weighted by atomic mass is 16.5. The molecule has 5 heteroatoms. The minimum atomic E-state index is 0.